The molecule has 2 fully saturated rings. The van der Waals surface area contributed by atoms with Crippen LogP contribution >= 0.6 is 88.5 Å². The van der Waals surface area contributed by atoms with Gasteiger partial charge in [0.25, 0.3) is 0 Å². The van der Waals surface area contributed by atoms with Crippen LogP contribution in [0.15, 0.2) is 92.1 Å². The van der Waals surface area contributed by atoms with E-state index in [2.05, 4.69) is 105 Å². The fourth-order valence-corrected chi connectivity index (χ4v) is 16.5. The van der Waals surface area contributed by atoms with Gasteiger partial charge in [-0.05, 0) is 120 Å². The Hall–Kier alpha value is -7.84. The van der Waals surface area contributed by atoms with E-state index in [4.69, 9.17) is 24.2 Å². The Bertz CT molecular complexity index is 4390. The Morgan fingerprint density at radius 3 is 1.50 bits per heavy atom. The average Bonchev–Trinajstić information content (AvgIpc) is 1.60. The molecule has 4 amide bonds. The molecule has 10 aromatic rings. The van der Waals surface area contributed by atoms with Crippen molar-refractivity contribution in [1.29, 1.82) is 0 Å². The van der Waals surface area contributed by atoms with E-state index in [0.717, 1.165) is 114 Å². The minimum Gasteiger partial charge on any atom is -0.464 e. The van der Waals surface area contributed by atoms with Crippen molar-refractivity contribution in [3.8, 4) is 44.8 Å². The number of amides is 4. The number of carbonyl (C=O) groups is 7. The number of H-pyrrole nitrogens is 5. The summed E-state index contributed by atoms with van der Waals surface area (Å²) in [6, 6.07) is 15.8. The number of alkyl carbamates (subject to hydrolysis) is 2. The lowest BCUT2D eigenvalue weighted by Crippen LogP contribution is -2.51. The molecule has 2 aromatic carbocycles. The van der Waals surface area contributed by atoms with Crippen molar-refractivity contribution in [3.63, 3.8) is 0 Å². The average molecular weight is 1580 g/mol. The molecule has 0 unspecified atom stereocenters. The predicted octanol–water partition coefficient (Wildman–Crippen LogP) is 15.0. The fraction of sp³-hybridized carbons (Fsp3) is 0.338. The summed E-state index contributed by atoms with van der Waals surface area (Å²) in [5, 5.41) is 11.4. The van der Waals surface area contributed by atoms with Crippen LogP contribution in [-0.2, 0) is 33.3 Å². The number of rotatable bonds is 15. The van der Waals surface area contributed by atoms with Crippen molar-refractivity contribution in [1.82, 2.24) is 55.3 Å². The summed E-state index contributed by atoms with van der Waals surface area (Å²) in [5.41, 5.74) is 10.9. The van der Waals surface area contributed by atoms with Crippen LogP contribution in [0.25, 0.3) is 75.4 Å². The van der Waals surface area contributed by atoms with Gasteiger partial charge in [-0.15, -0.1) is 34.0 Å². The number of ether oxygens (including phenoxy) is 5. The van der Waals surface area contributed by atoms with Gasteiger partial charge in [-0.25, -0.2) is 33.9 Å². The topological polar surface area (TPSA) is 301 Å². The highest BCUT2D eigenvalue weighted by molar-refractivity contribution is 14.1. The van der Waals surface area contributed by atoms with Crippen molar-refractivity contribution in [2.45, 2.75) is 85.0 Å². The molecule has 8 aromatic heterocycles. The number of likely N-dealkylation sites (tertiary alicyclic amines) is 2. The quantitative estimate of drug-likeness (QED) is 0.0285. The zero-order chi connectivity index (χ0) is 66.5. The van der Waals surface area contributed by atoms with Gasteiger partial charge in [-0.2, -0.15) is 0 Å². The number of aromatic amines is 5. The van der Waals surface area contributed by atoms with Gasteiger partial charge in [0, 0.05) is 40.4 Å². The van der Waals surface area contributed by atoms with E-state index in [9.17, 15) is 33.6 Å². The van der Waals surface area contributed by atoms with Crippen LogP contribution in [0.4, 0.5) is 9.59 Å². The Morgan fingerprint density at radius 1 is 0.564 bits per heavy atom. The van der Waals surface area contributed by atoms with Gasteiger partial charge in [0.1, 0.15) is 40.8 Å². The van der Waals surface area contributed by atoms with Crippen LogP contribution in [0.3, 0.4) is 0 Å². The van der Waals surface area contributed by atoms with Crippen molar-refractivity contribution < 1.29 is 57.2 Å². The lowest BCUT2D eigenvalue weighted by atomic mass is 10.0. The van der Waals surface area contributed by atoms with E-state index in [0.29, 0.717) is 41.8 Å². The maximum atomic E-state index is 13.7. The Balaban J connectivity index is 0.000000303. The van der Waals surface area contributed by atoms with Crippen LogP contribution in [0, 0.1) is 15.4 Å². The molecule has 0 saturated carbocycles. The van der Waals surface area contributed by atoms with Gasteiger partial charge in [0.2, 0.25) is 11.8 Å². The highest BCUT2D eigenvalue weighted by Gasteiger charge is 2.39. The van der Waals surface area contributed by atoms with Crippen molar-refractivity contribution >= 4 is 161 Å². The molecule has 2 aliphatic heterocycles. The molecule has 2 saturated heterocycles. The van der Waals surface area contributed by atoms with E-state index in [1.54, 1.807) is 50.9 Å². The molecule has 0 spiro atoms. The molecule has 2 aliphatic rings. The first kappa shape index (κ1) is 70.5. The number of hydrogen-bond donors (Lipinski definition) is 7. The van der Waals surface area contributed by atoms with Gasteiger partial charge in [-0.1, -0.05) is 83.7 Å². The van der Waals surface area contributed by atoms with Crippen molar-refractivity contribution in [3.05, 3.63) is 124 Å². The Morgan fingerprint density at radius 2 is 1.02 bits per heavy atom. The van der Waals surface area contributed by atoms with Crippen LogP contribution in [0.5, 0.6) is 0 Å². The number of nitrogens with one attached hydrogen (secondary N) is 7. The molecule has 23 nitrogen and oxygen atoms in total. The van der Waals surface area contributed by atoms with Gasteiger partial charge in [0.05, 0.1) is 115 Å². The summed E-state index contributed by atoms with van der Waals surface area (Å²) in [5.74, 6) is -0.394. The van der Waals surface area contributed by atoms with Crippen LogP contribution in [0.2, 0.25) is 0 Å². The third kappa shape index (κ3) is 14.7. The maximum Gasteiger partial charge on any atom is 0.407 e. The number of halogens is 3. The molecule has 12 rings (SSSR count). The standard InChI is InChI=1S/C48H55N9O8S.C8H5BrINO2S.C8H6BrNO2S.CH4/c1-25(2)37(54-47(61)64-6)44(58)56-20-8-10-34(56)42-49-22-32(51-42)28-14-12-27(13-15-28)31-24-66-41-36(40(46(60)63-5)53-39(31)41)30-18-16-29(17-19-30)33-23-50-43(52-33)35-11-9-21-57(35)45(59)38(26(3)4)55-48(62)65-7;1-13-8(12)6-4(10)7-5(11-6)3(9)2-14-7;1-12-8(11)5-2-6-7(10-5)4(9)3-13-6;/h12-19,22-26,34-35,37-38,53H,8-11,20-21H2,1-7H3,(H,49,51)(H,50,52)(H,54,61)(H,55,62);2,11H,1H3;2-3,10H,1H3;1H4/t34-,35-,37-,38-;;;/m0.../s1. The first-order chi connectivity index (χ1) is 44.7. The number of carbonyl (C=O) groups excluding carboxylic acids is 7. The normalized spacial score (nSPS) is 15.0. The second-order valence-corrected chi connectivity index (χ2v) is 27.9. The number of thiophene rings is 3. The minimum atomic E-state index is -0.726. The van der Waals surface area contributed by atoms with E-state index >= 15 is 0 Å². The molecular weight excluding hydrogens is 1510 g/mol. The fourth-order valence-electron chi connectivity index (χ4n) is 11.3. The summed E-state index contributed by atoms with van der Waals surface area (Å²) in [6.45, 7) is 8.67. The number of esters is 3. The van der Waals surface area contributed by atoms with Crippen LogP contribution < -0.4 is 10.6 Å². The number of imidazole rings is 2. The monoisotopic (exact) mass is 1580 g/mol. The van der Waals surface area contributed by atoms with Crippen molar-refractivity contribution in [2.24, 2.45) is 11.8 Å². The molecule has 0 radical (unpaired) electrons. The summed E-state index contributed by atoms with van der Waals surface area (Å²) < 4.78 is 30.0. The maximum absolute atomic E-state index is 13.7. The predicted molar refractivity (Wildman–Crippen MR) is 379 cm³/mol. The smallest absolute Gasteiger partial charge is 0.407 e. The molecule has 4 atom stereocenters. The Kier molecular flexibility index (Phi) is 23.0. The van der Waals surface area contributed by atoms with E-state index < -0.39 is 30.2 Å². The number of methoxy groups -OCH3 is 5. The van der Waals surface area contributed by atoms with E-state index in [1.165, 1.54) is 46.9 Å². The van der Waals surface area contributed by atoms with Gasteiger partial charge < -0.3 is 69.0 Å². The highest BCUT2D eigenvalue weighted by Crippen LogP contribution is 2.44. The lowest BCUT2D eigenvalue weighted by Gasteiger charge is -2.30. The number of benzene rings is 2. The van der Waals surface area contributed by atoms with E-state index in [-0.39, 0.29) is 55.1 Å². The molecule has 7 N–H and O–H groups in total. The number of aromatic nitrogens is 7. The van der Waals surface area contributed by atoms with Crippen LogP contribution in [0.1, 0.15) is 116 Å². The molecular formula is C65H70Br2IN11O12S3. The number of fused-ring (bicyclic) bond motifs is 3. The first-order valence-corrected chi connectivity index (χ1v) is 34.7. The molecule has 94 heavy (non-hydrogen) atoms. The van der Waals surface area contributed by atoms with Gasteiger partial charge >= 0.3 is 30.1 Å². The third-order valence-electron chi connectivity index (χ3n) is 16.1. The SMILES string of the molecule is C.COC(=O)N[C@H](C(=O)N1CCC[C@H]1c1ncc(-c2ccc(-c3csc4c(-c5ccc(-c6cnc([C@@H]7CCCN7C(=O)[C@@H](NC(=O)OC)C(C)C)[nH]6)cc5)c(C(=O)OC)[nH]c34)cc2)[nH]1)C(C)C.COC(=O)c1[nH]c2c(Br)csc2c1I.COC(=O)c1cc2scc(Br)c2[nH]1. The largest absolute Gasteiger partial charge is 0.464 e. The van der Waals surface area contributed by atoms with Gasteiger partial charge in [-0.3, -0.25) is 9.59 Å². The lowest BCUT2D eigenvalue weighted by molar-refractivity contribution is -0.136. The number of nitrogens with zero attached hydrogens (tertiary/aromatic N) is 4. The molecule has 29 heteroatoms. The van der Waals surface area contributed by atoms with Gasteiger partial charge in [0.15, 0.2) is 0 Å². The minimum absolute atomic E-state index is 0. The summed E-state index contributed by atoms with van der Waals surface area (Å²) in [4.78, 5) is 116. The second-order valence-electron chi connectivity index (χ2n) is 22.4. The summed E-state index contributed by atoms with van der Waals surface area (Å²) >= 11 is 13.6. The number of hydrogen-bond acceptors (Lipinski definition) is 17. The van der Waals surface area contributed by atoms with Crippen molar-refractivity contribution in [2.75, 3.05) is 48.6 Å². The zero-order valence-corrected chi connectivity index (χ0v) is 59.6. The molecule has 0 bridgehead atoms. The van der Waals surface area contributed by atoms with Crippen LogP contribution in [-0.4, -0.2) is 147 Å². The zero-order valence-electron chi connectivity index (χ0n) is 51.8. The molecule has 10 heterocycles. The Labute approximate surface area is 583 Å². The first-order valence-electron chi connectivity index (χ1n) is 29.4. The summed E-state index contributed by atoms with van der Waals surface area (Å²) in [7, 11) is 6.67. The van der Waals surface area contributed by atoms with E-state index in [1.807, 2.05) is 87.0 Å². The molecule has 496 valence electrons. The second kappa shape index (κ2) is 30.7. The third-order valence-corrected chi connectivity index (χ3v) is 22.3. The summed E-state index contributed by atoms with van der Waals surface area (Å²) in [6.07, 6.45) is 5.37. The molecule has 0 aliphatic carbocycles. The highest BCUT2D eigenvalue weighted by atomic mass is 127.